The summed E-state index contributed by atoms with van der Waals surface area (Å²) in [7, 11) is 0. The molecule has 1 aliphatic rings. The van der Waals surface area contributed by atoms with E-state index < -0.39 is 54.3 Å². The van der Waals surface area contributed by atoms with Gasteiger partial charge in [-0.25, -0.2) is 4.79 Å². The molecule has 0 radical (unpaired) electrons. The average molecular weight is 490 g/mol. The molecule has 0 saturated carbocycles. The Kier molecular flexibility index (Phi) is 10.7. The van der Waals surface area contributed by atoms with Crippen molar-refractivity contribution in [3.63, 3.8) is 0 Å². The Morgan fingerprint density at radius 3 is 2.17 bits per heavy atom. The van der Waals surface area contributed by atoms with Gasteiger partial charge in [0.05, 0.1) is 12.5 Å². The first-order valence-corrected chi connectivity index (χ1v) is 11.8. The Hall–Kier alpha value is -3.47. The van der Waals surface area contributed by atoms with Gasteiger partial charge in [0.1, 0.15) is 18.1 Å². The molecule has 1 aliphatic heterocycles. The number of nitrogens with two attached hydrogens (primary N) is 1. The van der Waals surface area contributed by atoms with E-state index in [1.165, 1.54) is 0 Å². The molecule has 2 rings (SSSR count). The Morgan fingerprint density at radius 1 is 1.00 bits per heavy atom. The minimum Gasteiger partial charge on any atom is -0.480 e. The molecule has 0 aromatic heterocycles. The summed E-state index contributed by atoms with van der Waals surface area (Å²) in [5, 5.41) is 20.2. The van der Waals surface area contributed by atoms with Gasteiger partial charge in [0.15, 0.2) is 0 Å². The molecule has 11 nitrogen and oxygen atoms in total. The highest BCUT2D eigenvalue weighted by Gasteiger charge is 2.32. The van der Waals surface area contributed by atoms with Crippen molar-refractivity contribution in [3.05, 3.63) is 35.9 Å². The van der Waals surface area contributed by atoms with Crippen LogP contribution >= 0.6 is 0 Å². The first-order chi connectivity index (χ1) is 16.6. The number of hydrogen-bond acceptors (Lipinski definition) is 6. The van der Waals surface area contributed by atoms with E-state index in [1.54, 1.807) is 30.3 Å². The van der Waals surface area contributed by atoms with E-state index >= 15 is 0 Å². The number of carboxylic acids is 1. The Bertz CT molecular complexity index is 901. The second kappa shape index (κ2) is 13.4. The van der Waals surface area contributed by atoms with Gasteiger partial charge in [-0.1, -0.05) is 44.2 Å². The van der Waals surface area contributed by atoms with Gasteiger partial charge in [0.25, 0.3) is 0 Å². The zero-order valence-corrected chi connectivity index (χ0v) is 20.1. The molecule has 192 valence electrons. The molecule has 1 saturated heterocycles. The normalized spacial score (nSPS) is 17.7. The molecule has 4 atom stereocenters. The number of amides is 4. The molecule has 1 heterocycles. The maximum absolute atomic E-state index is 13.0. The van der Waals surface area contributed by atoms with Crippen LogP contribution < -0.4 is 27.0 Å². The standard InChI is InChI=1S/C24H35N5O6/c1-14(2)11-17(27-21(31)16-9-6-10-26-16)22(32)28-18(13-20(25)30)23(33)29-19(24(34)35)12-15-7-4-3-5-8-15/h3-5,7-8,14,16-19,26H,6,9-13H2,1-2H3,(H2,25,30)(H,27,31)(H,28,32)(H,29,33)(H,34,35). The van der Waals surface area contributed by atoms with Gasteiger partial charge in [0.2, 0.25) is 23.6 Å². The van der Waals surface area contributed by atoms with Crippen LogP contribution in [-0.4, -0.2) is 65.4 Å². The van der Waals surface area contributed by atoms with E-state index in [0.717, 1.165) is 6.42 Å². The van der Waals surface area contributed by atoms with Crippen LogP contribution in [0.2, 0.25) is 0 Å². The Labute approximate surface area is 204 Å². The first kappa shape index (κ1) is 27.8. The van der Waals surface area contributed by atoms with Crippen LogP contribution in [0, 0.1) is 5.92 Å². The number of aliphatic carboxylic acids is 1. The number of benzene rings is 1. The van der Waals surface area contributed by atoms with Crippen molar-refractivity contribution in [1.82, 2.24) is 21.3 Å². The van der Waals surface area contributed by atoms with Crippen molar-refractivity contribution in [2.45, 2.75) is 70.1 Å². The molecule has 0 bridgehead atoms. The second-order valence-electron chi connectivity index (χ2n) is 9.16. The predicted octanol–water partition coefficient (Wildman–Crippen LogP) is -0.558. The molecule has 0 spiro atoms. The van der Waals surface area contributed by atoms with Crippen LogP contribution in [0.3, 0.4) is 0 Å². The number of hydrogen-bond donors (Lipinski definition) is 6. The number of carboxylic acid groups (broad SMARTS) is 1. The van der Waals surface area contributed by atoms with Crippen molar-refractivity contribution in [1.29, 1.82) is 0 Å². The van der Waals surface area contributed by atoms with Gasteiger partial charge in [-0.15, -0.1) is 0 Å². The van der Waals surface area contributed by atoms with Gasteiger partial charge in [-0.3, -0.25) is 19.2 Å². The third-order valence-corrected chi connectivity index (χ3v) is 5.65. The van der Waals surface area contributed by atoms with E-state index in [0.29, 0.717) is 24.9 Å². The highest BCUT2D eigenvalue weighted by Crippen LogP contribution is 2.10. The van der Waals surface area contributed by atoms with Crippen molar-refractivity contribution >= 4 is 29.6 Å². The smallest absolute Gasteiger partial charge is 0.326 e. The van der Waals surface area contributed by atoms with Crippen LogP contribution in [-0.2, 0) is 30.4 Å². The van der Waals surface area contributed by atoms with Crippen LogP contribution in [0.15, 0.2) is 30.3 Å². The predicted molar refractivity (Wildman–Crippen MR) is 128 cm³/mol. The van der Waals surface area contributed by atoms with Crippen molar-refractivity contribution in [3.8, 4) is 0 Å². The fourth-order valence-corrected chi connectivity index (χ4v) is 3.89. The van der Waals surface area contributed by atoms with E-state index in [2.05, 4.69) is 21.3 Å². The summed E-state index contributed by atoms with van der Waals surface area (Å²) in [5.74, 6) is -3.88. The lowest BCUT2D eigenvalue weighted by Gasteiger charge is -2.25. The molecule has 35 heavy (non-hydrogen) atoms. The molecule has 7 N–H and O–H groups in total. The SMILES string of the molecule is CC(C)CC(NC(=O)C1CCCN1)C(=O)NC(CC(N)=O)C(=O)NC(Cc1ccccc1)C(=O)O. The topological polar surface area (TPSA) is 180 Å². The fraction of sp³-hybridized carbons (Fsp3) is 0.542. The van der Waals surface area contributed by atoms with Crippen molar-refractivity contribution in [2.75, 3.05) is 6.54 Å². The van der Waals surface area contributed by atoms with Crippen LogP contribution in [0.4, 0.5) is 0 Å². The van der Waals surface area contributed by atoms with Gasteiger partial charge in [-0.2, -0.15) is 0 Å². The summed E-state index contributed by atoms with van der Waals surface area (Å²) in [6, 6.07) is 4.72. The van der Waals surface area contributed by atoms with E-state index in [-0.39, 0.29) is 18.2 Å². The first-order valence-electron chi connectivity index (χ1n) is 11.8. The van der Waals surface area contributed by atoms with Crippen molar-refractivity contribution in [2.24, 2.45) is 11.7 Å². The summed E-state index contributed by atoms with van der Waals surface area (Å²) in [4.78, 5) is 61.8. The zero-order chi connectivity index (χ0) is 26.0. The number of rotatable bonds is 13. The fourth-order valence-electron chi connectivity index (χ4n) is 3.89. The van der Waals surface area contributed by atoms with Crippen LogP contribution in [0.5, 0.6) is 0 Å². The molecular weight excluding hydrogens is 454 g/mol. The van der Waals surface area contributed by atoms with Crippen LogP contribution in [0.1, 0.15) is 45.1 Å². The highest BCUT2D eigenvalue weighted by atomic mass is 16.4. The summed E-state index contributed by atoms with van der Waals surface area (Å²) in [6.07, 6.45) is 1.31. The lowest BCUT2D eigenvalue weighted by atomic mass is 10.0. The van der Waals surface area contributed by atoms with E-state index in [4.69, 9.17) is 5.73 Å². The Balaban J connectivity index is 2.11. The van der Waals surface area contributed by atoms with Crippen molar-refractivity contribution < 1.29 is 29.1 Å². The molecule has 4 amide bonds. The molecule has 4 unspecified atom stereocenters. The van der Waals surface area contributed by atoms with E-state index in [1.807, 2.05) is 13.8 Å². The third kappa shape index (κ3) is 9.36. The maximum Gasteiger partial charge on any atom is 0.326 e. The summed E-state index contributed by atoms with van der Waals surface area (Å²) < 4.78 is 0. The molecule has 1 aromatic rings. The molecule has 11 heteroatoms. The molecular formula is C24H35N5O6. The van der Waals surface area contributed by atoms with Gasteiger partial charge < -0.3 is 32.1 Å². The molecule has 1 fully saturated rings. The van der Waals surface area contributed by atoms with Gasteiger partial charge in [0, 0.05) is 6.42 Å². The zero-order valence-electron chi connectivity index (χ0n) is 20.1. The quantitative estimate of drug-likeness (QED) is 0.215. The number of nitrogens with one attached hydrogen (secondary N) is 4. The second-order valence-corrected chi connectivity index (χ2v) is 9.16. The summed E-state index contributed by atoms with van der Waals surface area (Å²) in [5.41, 5.74) is 5.97. The molecule has 1 aromatic carbocycles. The lowest BCUT2D eigenvalue weighted by molar-refractivity contribution is -0.142. The van der Waals surface area contributed by atoms with Gasteiger partial charge >= 0.3 is 5.97 Å². The summed E-state index contributed by atoms with van der Waals surface area (Å²) >= 11 is 0. The minimum absolute atomic E-state index is 0.0135. The highest BCUT2D eigenvalue weighted by molar-refractivity contribution is 5.96. The van der Waals surface area contributed by atoms with Gasteiger partial charge in [-0.05, 0) is 37.3 Å². The number of carbonyl (C=O) groups is 5. The minimum atomic E-state index is -1.39. The Morgan fingerprint density at radius 2 is 1.63 bits per heavy atom. The monoisotopic (exact) mass is 489 g/mol. The maximum atomic E-state index is 13.0. The molecule has 0 aliphatic carbocycles. The van der Waals surface area contributed by atoms with Crippen LogP contribution in [0.25, 0.3) is 0 Å². The third-order valence-electron chi connectivity index (χ3n) is 5.65. The average Bonchev–Trinajstić information content (AvgIpc) is 3.33. The number of carbonyl (C=O) groups excluding carboxylic acids is 4. The lowest BCUT2D eigenvalue weighted by Crippen LogP contribution is -2.58. The summed E-state index contributed by atoms with van der Waals surface area (Å²) in [6.45, 7) is 4.48. The number of primary amides is 1. The largest absolute Gasteiger partial charge is 0.480 e. The van der Waals surface area contributed by atoms with E-state index in [9.17, 15) is 29.1 Å².